The molecule has 0 aromatic carbocycles. The van der Waals surface area contributed by atoms with Crippen molar-refractivity contribution in [1.29, 1.82) is 0 Å². The highest BCUT2D eigenvalue weighted by Gasteiger charge is 1.98. The fraction of sp³-hybridized carbons (Fsp3) is 0.778. The van der Waals surface area contributed by atoms with Gasteiger partial charge in [0.05, 0.1) is 0 Å². The van der Waals surface area contributed by atoms with E-state index in [1.165, 1.54) is 19.3 Å². The van der Waals surface area contributed by atoms with E-state index in [2.05, 4.69) is 13.0 Å². The standard InChI is InChI=1S/C18H32O3/c1-2-3-4-11-14-17(19)15-12-9-7-5-6-8-10-13-16-18(20)21/h9,12H,2-8,10-11,13-16H2,1H3,(H,20,21). The van der Waals surface area contributed by atoms with E-state index in [0.29, 0.717) is 18.6 Å². The van der Waals surface area contributed by atoms with Crippen molar-refractivity contribution in [3.63, 3.8) is 0 Å². The molecule has 0 atom stereocenters. The zero-order valence-corrected chi connectivity index (χ0v) is 13.6. The van der Waals surface area contributed by atoms with Crippen LogP contribution in [0.2, 0.25) is 0 Å². The first-order valence-corrected chi connectivity index (χ1v) is 8.55. The zero-order valence-electron chi connectivity index (χ0n) is 13.6. The van der Waals surface area contributed by atoms with Gasteiger partial charge < -0.3 is 5.11 Å². The van der Waals surface area contributed by atoms with Gasteiger partial charge >= 0.3 is 5.97 Å². The predicted octanol–water partition coefficient (Wildman–Crippen LogP) is 5.29. The molecule has 0 saturated carbocycles. The lowest BCUT2D eigenvalue weighted by Crippen LogP contribution is -1.95. The summed E-state index contributed by atoms with van der Waals surface area (Å²) in [5, 5.41) is 8.50. The van der Waals surface area contributed by atoms with Gasteiger partial charge in [0.15, 0.2) is 0 Å². The number of carbonyl (C=O) groups excluding carboxylic acids is 1. The zero-order chi connectivity index (χ0) is 15.8. The van der Waals surface area contributed by atoms with E-state index in [9.17, 15) is 9.59 Å². The molecular weight excluding hydrogens is 264 g/mol. The van der Waals surface area contributed by atoms with Crippen LogP contribution in [-0.4, -0.2) is 16.9 Å². The number of hydrogen-bond acceptors (Lipinski definition) is 2. The van der Waals surface area contributed by atoms with Crippen molar-refractivity contribution in [3.8, 4) is 0 Å². The van der Waals surface area contributed by atoms with E-state index in [0.717, 1.165) is 51.4 Å². The van der Waals surface area contributed by atoms with E-state index in [1.807, 2.05) is 6.08 Å². The van der Waals surface area contributed by atoms with Crippen LogP contribution >= 0.6 is 0 Å². The molecule has 0 amide bonds. The number of hydrogen-bond donors (Lipinski definition) is 1. The van der Waals surface area contributed by atoms with Crippen LogP contribution in [0.3, 0.4) is 0 Å². The monoisotopic (exact) mass is 296 g/mol. The largest absolute Gasteiger partial charge is 0.481 e. The number of carbonyl (C=O) groups is 2. The fourth-order valence-corrected chi connectivity index (χ4v) is 2.25. The summed E-state index contributed by atoms with van der Waals surface area (Å²) < 4.78 is 0. The predicted molar refractivity (Wildman–Crippen MR) is 87.5 cm³/mol. The molecule has 0 aliphatic rings. The highest BCUT2D eigenvalue weighted by atomic mass is 16.4. The lowest BCUT2D eigenvalue weighted by molar-refractivity contribution is -0.137. The van der Waals surface area contributed by atoms with Crippen LogP contribution in [0.5, 0.6) is 0 Å². The summed E-state index contributed by atoms with van der Waals surface area (Å²) >= 11 is 0. The van der Waals surface area contributed by atoms with Crippen molar-refractivity contribution >= 4 is 11.8 Å². The molecule has 0 bridgehead atoms. The molecule has 3 nitrogen and oxygen atoms in total. The molecule has 3 heteroatoms. The van der Waals surface area contributed by atoms with Crippen LogP contribution in [0, 0.1) is 0 Å². The highest BCUT2D eigenvalue weighted by molar-refractivity contribution is 5.79. The topological polar surface area (TPSA) is 54.4 Å². The average molecular weight is 296 g/mol. The van der Waals surface area contributed by atoms with E-state index in [4.69, 9.17) is 5.11 Å². The average Bonchev–Trinajstić information content (AvgIpc) is 2.45. The van der Waals surface area contributed by atoms with Crippen molar-refractivity contribution in [1.82, 2.24) is 0 Å². The molecule has 1 N–H and O–H groups in total. The molecule has 0 heterocycles. The number of unbranched alkanes of at least 4 members (excludes halogenated alkanes) is 8. The summed E-state index contributed by atoms with van der Waals surface area (Å²) in [7, 11) is 0. The Labute approximate surface area is 129 Å². The van der Waals surface area contributed by atoms with E-state index in [1.54, 1.807) is 0 Å². The van der Waals surface area contributed by atoms with Crippen molar-refractivity contribution in [3.05, 3.63) is 12.2 Å². The number of allylic oxidation sites excluding steroid dienone is 2. The Kier molecular flexibility index (Phi) is 14.5. The smallest absolute Gasteiger partial charge is 0.303 e. The van der Waals surface area contributed by atoms with Crippen LogP contribution in [0.1, 0.15) is 90.4 Å². The molecule has 0 aromatic rings. The lowest BCUT2D eigenvalue weighted by atomic mass is 10.1. The molecule has 0 saturated heterocycles. The first-order chi connectivity index (χ1) is 10.2. The number of rotatable bonds is 15. The minimum absolute atomic E-state index is 0.292. The van der Waals surface area contributed by atoms with Crippen LogP contribution in [0.4, 0.5) is 0 Å². The van der Waals surface area contributed by atoms with Gasteiger partial charge in [-0.3, -0.25) is 9.59 Å². The molecular formula is C18H32O3. The molecule has 0 unspecified atom stereocenters. The Bertz CT molecular complexity index is 295. The SMILES string of the molecule is CCCCCCC(=O)CC=CCCCCCCCC(=O)O. The van der Waals surface area contributed by atoms with E-state index >= 15 is 0 Å². The maximum Gasteiger partial charge on any atom is 0.303 e. The molecule has 0 fully saturated rings. The maximum atomic E-state index is 11.6. The van der Waals surface area contributed by atoms with Gasteiger partial charge in [0.2, 0.25) is 0 Å². The van der Waals surface area contributed by atoms with Crippen LogP contribution in [-0.2, 0) is 9.59 Å². The van der Waals surface area contributed by atoms with Gasteiger partial charge in [-0.25, -0.2) is 0 Å². The van der Waals surface area contributed by atoms with Crippen molar-refractivity contribution in [2.24, 2.45) is 0 Å². The third-order valence-electron chi connectivity index (χ3n) is 3.58. The van der Waals surface area contributed by atoms with Crippen LogP contribution < -0.4 is 0 Å². The second kappa shape index (κ2) is 15.3. The number of ketones is 1. The normalized spacial score (nSPS) is 11.1. The summed E-state index contributed by atoms with van der Waals surface area (Å²) in [6.45, 7) is 2.18. The molecule has 122 valence electrons. The molecule has 0 aromatic heterocycles. The fourth-order valence-electron chi connectivity index (χ4n) is 2.25. The minimum Gasteiger partial charge on any atom is -0.481 e. The van der Waals surface area contributed by atoms with Gasteiger partial charge in [-0.1, -0.05) is 57.6 Å². The van der Waals surface area contributed by atoms with Crippen LogP contribution in [0.25, 0.3) is 0 Å². The van der Waals surface area contributed by atoms with E-state index < -0.39 is 5.97 Å². The molecule has 0 aliphatic carbocycles. The highest BCUT2D eigenvalue weighted by Crippen LogP contribution is 2.08. The molecule has 21 heavy (non-hydrogen) atoms. The van der Waals surface area contributed by atoms with Crippen molar-refractivity contribution in [2.75, 3.05) is 0 Å². The Hall–Kier alpha value is -1.12. The quantitative estimate of drug-likeness (QED) is 0.330. The van der Waals surface area contributed by atoms with Gasteiger partial charge in [0, 0.05) is 19.3 Å². The summed E-state index contributed by atoms with van der Waals surface area (Å²) in [6.07, 6.45) is 16.6. The Morgan fingerprint density at radius 2 is 1.43 bits per heavy atom. The second-order valence-corrected chi connectivity index (χ2v) is 5.73. The second-order valence-electron chi connectivity index (χ2n) is 5.73. The Balaban J connectivity index is 3.28. The first-order valence-electron chi connectivity index (χ1n) is 8.55. The van der Waals surface area contributed by atoms with Gasteiger partial charge in [0.25, 0.3) is 0 Å². The third kappa shape index (κ3) is 16.8. The minimum atomic E-state index is -0.697. The summed E-state index contributed by atoms with van der Waals surface area (Å²) in [5.74, 6) is -0.340. The Morgan fingerprint density at radius 1 is 0.810 bits per heavy atom. The first kappa shape index (κ1) is 19.9. The third-order valence-corrected chi connectivity index (χ3v) is 3.58. The van der Waals surface area contributed by atoms with Crippen molar-refractivity contribution < 1.29 is 14.7 Å². The number of Topliss-reactive ketones (excluding diaryl/α,β-unsaturated/α-hetero) is 1. The van der Waals surface area contributed by atoms with Gasteiger partial charge in [-0.15, -0.1) is 0 Å². The maximum absolute atomic E-state index is 11.6. The Morgan fingerprint density at radius 3 is 2.14 bits per heavy atom. The molecule has 0 radical (unpaired) electrons. The molecule has 0 aliphatic heterocycles. The summed E-state index contributed by atoms with van der Waals surface area (Å²) in [4.78, 5) is 21.9. The summed E-state index contributed by atoms with van der Waals surface area (Å²) in [6, 6.07) is 0. The lowest BCUT2D eigenvalue weighted by Gasteiger charge is -1.99. The number of aliphatic carboxylic acids is 1. The number of carboxylic acids is 1. The van der Waals surface area contributed by atoms with Crippen LogP contribution in [0.15, 0.2) is 12.2 Å². The van der Waals surface area contributed by atoms with Crippen molar-refractivity contribution in [2.45, 2.75) is 90.4 Å². The van der Waals surface area contributed by atoms with Gasteiger partial charge in [-0.05, 0) is 25.7 Å². The molecule has 0 rings (SSSR count). The summed E-state index contributed by atoms with van der Waals surface area (Å²) in [5.41, 5.74) is 0. The van der Waals surface area contributed by atoms with E-state index in [-0.39, 0.29) is 0 Å². The van der Waals surface area contributed by atoms with Gasteiger partial charge in [0.1, 0.15) is 5.78 Å². The number of carboxylic acid groups (broad SMARTS) is 1. The van der Waals surface area contributed by atoms with Gasteiger partial charge in [-0.2, -0.15) is 0 Å². The molecule has 0 spiro atoms.